The number of nitrogens with one attached hydrogen (secondary N) is 1. The molecule has 0 spiro atoms. The number of aliphatic hydroxyl groups excluding tert-OH is 1. The Morgan fingerprint density at radius 1 is 1.57 bits per heavy atom. The van der Waals surface area contributed by atoms with Crippen LogP contribution in [0.25, 0.3) is 0 Å². The topological polar surface area (TPSA) is 65.3 Å². The average molecular weight is 192 g/mol. The highest BCUT2D eigenvalue weighted by molar-refractivity contribution is 5.59. The van der Waals surface area contributed by atoms with Crippen LogP contribution in [0.5, 0.6) is 5.75 Å². The molecule has 0 heterocycles. The maximum Gasteiger partial charge on any atom is 0.142 e. The van der Waals surface area contributed by atoms with Gasteiger partial charge in [0.25, 0.3) is 0 Å². The lowest BCUT2D eigenvalue weighted by Crippen LogP contribution is -2.06. The van der Waals surface area contributed by atoms with Gasteiger partial charge in [0.05, 0.1) is 31.0 Å². The summed E-state index contributed by atoms with van der Waals surface area (Å²) in [5, 5.41) is 20.3. The molecule has 1 aromatic carbocycles. The third kappa shape index (κ3) is 2.38. The van der Waals surface area contributed by atoms with E-state index in [4.69, 9.17) is 15.1 Å². The van der Waals surface area contributed by atoms with Crippen molar-refractivity contribution in [3.8, 4) is 11.8 Å². The Labute approximate surface area is 82.7 Å². The van der Waals surface area contributed by atoms with E-state index in [0.29, 0.717) is 17.9 Å². The van der Waals surface area contributed by atoms with E-state index in [1.807, 2.05) is 6.07 Å². The summed E-state index contributed by atoms with van der Waals surface area (Å²) in [5.74, 6) is 0.664. The zero-order valence-corrected chi connectivity index (χ0v) is 7.95. The minimum absolute atomic E-state index is 0.0416. The molecule has 0 aliphatic carbocycles. The first kappa shape index (κ1) is 10.4. The third-order valence-corrected chi connectivity index (χ3v) is 1.76. The Hall–Kier alpha value is -1.73. The summed E-state index contributed by atoms with van der Waals surface area (Å²) in [7, 11) is 1.56. The van der Waals surface area contributed by atoms with Crippen LogP contribution >= 0.6 is 0 Å². The van der Waals surface area contributed by atoms with Gasteiger partial charge in [-0.2, -0.15) is 5.26 Å². The predicted octanol–water partition coefficient (Wildman–Crippen LogP) is 0.971. The Morgan fingerprint density at radius 3 is 2.93 bits per heavy atom. The fourth-order valence-corrected chi connectivity index (χ4v) is 1.11. The van der Waals surface area contributed by atoms with Gasteiger partial charge in [0, 0.05) is 6.54 Å². The Bertz CT molecular complexity index is 344. The van der Waals surface area contributed by atoms with Crippen molar-refractivity contribution in [3.63, 3.8) is 0 Å². The number of aliphatic hydroxyl groups is 1. The summed E-state index contributed by atoms with van der Waals surface area (Å²) < 4.78 is 5.09. The molecule has 2 N–H and O–H groups in total. The number of anilines is 1. The van der Waals surface area contributed by atoms with Crippen molar-refractivity contribution in [2.75, 3.05) is 25.6 Å². The van der Waals surface area contributed by atoms with E-state index >= 15 is 0 Å². The molecule has 0 aromatic heterocycles. The predicted molar refractivity (Wildman–Crippen MR) is 53.3 cm³/mol. The van der Waals surface area contributed by atoms with E-state index in [9.17, 15) is 0 Å². The molecule has 74 valence electrons. The molecule has 0 fully saturated rings. The largest absolute Gasteiger partial charge is 0.495 e. The molecule has 14 heavy (non-hydrogen) atoms. The molecule has 0 amide bonds. The lowest BCUT2D eigenvalue weighted by atomic mass is 10.2. The van der Waals surface area contributed by atoms with Crippen molar-refractivity contribution < 1.29 is 9.84 Å². The minimum atomic E-state index is 0.0416. The maximum absolute atomic E-state index is 8.68. The summed E-state index contributed by atoms with van der Waals surface area (Å²) in [6.45, 7) is 0.477. The highest BCUT2D eigenvalue weighted by Crippen LogP contribution is 2.24. The molecule has 0 atom stereocenters. The Morgan fingerprint density at radius 2 is 2.36 bits per heavy atom. The second kappa shape index (κ2) is 5.10. The molecule has 0 saturated heterocycles. The second-order valence-corrected chi connectivity index (χ2v) is 2.68. The van der Waals surface area contributed by atoms with Gasteiger partial charge in [0.1, 0.15) is 5.75 Å². The van der Waals surface area contributed by atoms with Crippen molar-refractivity contribution in [2.24, 2.45) is 0 Å². The highest BCUT2D eigenvalue weighted by atomic mass is 16.5. The summed E-state index contributed by atoms with van der Waals surface area (Å²) >= 11 is 0. The fourth-order valence-electron chi connectivity index (χ4n) is 1.11. The number of benzene rings is 1. The molecule has 0 saturated carbocycles. The number of nitrogens with zero attached hydrogens (tertiary/aromatic N) is 1. The van der Waals surface area contributed by atoms with Gasteiger partial charge < -0.3 is 15.2 Å². The highest BCUT2D eigenvalue weighted by Gasteiger charge is 2.02. The van der Waals surface area contributed by atoms with Crippen molar-refractivity contribution in [1.29, 1.82) is 5.26 Å². The van der Waals surface area contributed by atoms with Crippen LogP contribution in [0.15, 0.2) is 18.2 Å². The smallest absolute Gasteiger partial charge is 0.142 e. The fraction of sp³-hybridized carbons (Fsp3) is 0.300. The van der Waals surface area contributed by atoms with Crippen LogP contribution in [-0.4, -0.2) is 25.4 Å². The van der Waals surface area contributed by atoms with Crippen molar-refractivity contribution in [3.05, 3.63) is 23.8 Å². The Kier molecular flexibility index (Phi) is 3.77. The summed E-state index contributed by atoms with van der Waals surface area (Å²) in [6, 6.07) is 7.13. The van der Waals surface area contributed by atoms with E-state index in [1.165, 1.54) is 0 Å². The van der Waals surface area contributed by atoms with Gasteiger partial charge in [-0.25, -0.2) is 0 Å². The molecule has 4 nitrogen and oxygen atoms in total. The van der Waals surface area contributed by atoms with Crippen LogP contribution in [0.4, 0.5) is 5.69 Å². The van der Waals surface area contributed by atoms with Crippen molar-refractivity contribution >= 4 is 5.69 Å². The summed E-state index contributed by atoms with van der Waals surface area (Å²) in [5.41, 5.74) is 1.28. The molecular weight excluding hydrogens is 180 g/mol. The van der Waals surface area contributed by atoms with Crippen LogP contribution in [0, 0.1) is 11.3 Å². The van der Waals surface area contributed by atoms with Gasteiger partial charge in [0.15, 0.2) is 0 Å². The third-order valence-electron chi connectivity index (χ3n) is 1.76. The lowest BCUT2D eigenvalue weighted by Gasteiger charge is -2.09. The number of methoxy groups -OCH3 is 1. The lowest BCUT2D eigenvalue weighted by molar-refractivity contribution is 0.311. The first-order chi connectivity index (χ1) is 6.81. The number of rotatable bonds is 4. The van der Waals surface area contributed by atoms with E-state index in [2.05, 4.69) is 5.32 Å². The van der Waals surface area contributed by atoms with Crippen LogP contribution in [-0.2, 0) is 0 Å². The Balaban J connectivity index is 2.91. The van der Waals surface area contributed by atoms with Crippen LogP contribution in [0.1, 0.15) is 5.56 Å². The zero-order chi connectivity index (χ0) is 10.4. The zero-order valence-electron chi connectivity index (χ0n) is 7.95. The van der Waals surface area contributed by atoms with Gasteiger partial charge in [0.2, 0.25) is 0 Å². The number of ether oxygens (including phenoxy) is 1. The van der Waals surface area contributed by atoms with E-state index in [0.717, 1.165) is 5.69 Å². The van der Waals surface area contributed by atoms with Gasteiger partial charge in [-0.05, 0) is 18.2 Å². The van der Waals surface area contributed by atoms with Crippen molar-refractivity contribution in [2.45, 2.75) is 0 Å². The van der Waals surface area contributed by atoms with Crippen molar-refractivity contribution in [1.82, 2.24) is 0 Å². The molecule has 1 rings (SSSR count). The standard InChI is InChI=1S/C10H12N2O2/c1-14-10-3-2-8(7-11)6-9(10)12-4-5-13/h2-3,6,12-13H,4-5H2,1H3. The normalized spacial score (nSPS) is 9.21. The molecule has 0 unspecified atom stereocenters. The van der Waals surface area contributed by atoms with E-state index < -0.39 is 0 Å². The monoisotopic (exact) mass is 192 g/mol. The van der Waals surface area contributed by atoms with Gasteiger partial charge in [-0.15, -0.1) is 0 Å². The van der Waals surface area contributed by atoms with E-state index in [-0.39, 0.29) is 6.61 Å². The summed E-state index contributed by atoms with van der Waals surface area (Å²) in [6.07, 6.45) is 0. The molecule has 1 aromatic rings. The summed E-state index contributed by atoms with van der Waals surface area (Å²) in [4.78, 5) is 0. The van der Waals surface area contributed by atoms with E-state index in [1.54, 1.807) is 25.3 Å². The first-order valence-electron chi connectivity index (χ1n) is 4.24. The number of hydrogen-bond acceptors (Lipinski definition) is 4. The number of hydrogen-bond donors (Lipinski definition) is 2. The van der Waals surface area contributed by atoms with Crippen LogP contribution in [0.2, 0.25) is 0 Å². The van der Waals surface area contributed by atoms with Gasteiger partial charge >= 0.3 is 0 Å². The number of nitriles is 1. The first-order valence-corrected chi connectivity index (χ1v) is 4.24. The quantitative estimate of drug-likeness (QED) is 0.746. The molecular formula is C10H12N2O2. The maximum atomic E-state index is 8.68. The molecule has 0 radical (unpaired) electrons. The molecule has 4 heteroatoms. The second-order valence-electron chi connectivity index (χ2n) is 2.68. The van der Waals surface area contributed by atoms with Crippen LogP contribution in [0.3, 0.4) is 0 Å². The SMILES string of the molecule is COc1ccc(C#N)cc1NCCO. The minimum Gasteiger partial charge on any atom is -0.495 e. The van der Waals surface area contributed by atoms with Gasteiger partial charge in [-0.3, -0.25) is 0 Å². The molecule has 0 aliphatic heterocycles. The molecule has 0 aliphatic rings. The van der Waals surface area contributed by atoms with Crippen LogP contribution < -0.4 is 10.1 Å². The van der Waals surface area contributed by atoms with Gasteiger partial charge in [-0.1, -0.05) is 0 Å². The molecule has 0 bridgehead atoms. The average Bonchev–Trinajstić information content (AvgIpc) is 2.25.